The number of rotatable bonds is 4. The Morgan fingerprint density at radius 1 is 1.48 bits per heavy atom. The molecule has 0 aliphatic carbocycles. The molecule has 0 aliphatic heterocycles. The molecule has 0 spiro atoms. The number of nitrogens with one attached hydrogen (secondary N) is 1. The Morgan fingerprint density at radius 2 is 2.33 bits per heavy atom. The van der Waals surface area contributed by atoms with Crippen LogP contribution < -0.4 is 5.32 Å². The van der Waals surface area contributed by atoms with Gasteiger partial charge in [0, 0.05) is 25.5 Å². The number of nitrogens with zero attached hydrogens (tertiary/aromatic N) is 5. The Kier molecular flexibility index (Phi) is 3.48. The van der Waals surface area contributed by atoms with Crippen molar-refractivity contribution < 1.29 is 9.32 Å². The van der Waals surface area contributed by atoms with Gasteiger partial charge in [0.05, 0.1) is 12.2 Å². The third-order valence-electron chi connectivity index (χ3n) is 2.65. The largest absolute Gasteiger partial charge is 0.344 e. The Labute approximate surface area is 123 Å². The molecule has 0 unspecified atom stereocenters. The van der Waals surface area contributed by atoms with Gasteiger partial charge in [0.25, 0.3) is 11.7 Å². The minimum absolute atomic E-state index is 0.0210. The molecule has 3 rings (SSSR count). The predicted octanol–water partition coefficient (Wildman–Crippen LogP) is 1.17. The van der Waals surface area contributed by atoms with Crippen LogP contribution in [0.25, 0.3) is 10.7 Å². The summed E-state index contributed by atoms with van der Waals surface area (Å²) in [5.41, 5.74) is 1.57. The van der Waals surface area contributed by atoms with Crippen LogP contribution in [-0.2, 0) is 13.6 Å². The lowest BCUT2D eigenvalue weighted by molar-refractivity contribution is 0.0937. The number of aromatic nitrogens is 5. The van der Waals surface area contributed by atoms with E-state index in [2.05, 4.69) is 25.5 Å². The molecule has 1 amide bonds. The van der Waals surface area contributed by atoms with Gasteiger partial charge in [-0.25, -0.2) is 4.98 Å². The second kappa shape index (κ2) is 5.44. The Bertz CT molecular complexity index is 774. The molecule has 108 valence electrons. The lowest BCUT2D eigenvalue weighted by Gasteiger charge is -1.98. The first-order chi connectivity index (χ1) is 10.1. The minimum atomic E-state index is -0.390. The summed E-state index contributed by atoms with van der Waals surface area (Å²) in [4.78, 5) is 20.1. The monoisotopic (exact) mass is 304 g/mol. The summed E-state index contributed by atoms with van der Waals surface area (Å²) < 4.78 is 6.47. The van der Waals surface area contributed by atoms with E-state index >= 15 is 0 Å². The van der Waals surface area contributed by atoms with E-state index in [9.17, 15) is 4.79 Å². The Balaban J connectivity index is 1.64. The summed E-state index contributed by atoms with van der Waals surface area (Å²) in [6.07, 6.45) is 1.86. The van der Waals surface area contributed by atoms with Crippen LogP contribution in [0.4, 0.5) is 0 Å². The number of carbonyl (C=O) groups is 1. The molecule has 0 atom stereocenters. The maximum absolute atomic E-state index is 11.8. The van der Waals surface area contributed by atoms with Crippen molar-refractivity contribution in [2.75, 3.05) is 0 Å². The number of aryl methyl sites for hydroxylation is 2. The van der Waals surface area contributed by atoms with Crippen molar-refractivity contribution in [3.8, 4) is 10.7 Å². The van der Waals surface area contributed by atoms with Gasteiger partial charge in [0.15, 0.2) is 0 Å². The fourth-order valence-corrected chi connectivity index (χ4v) is 2.46. The highest BCUT2D eigenvalue weighted by Gasteiger charge is 2.13. The average Bonchev–Trinajstić information content (AvgIpc) is 3.16. The van der Waals surface area contributed by atoms with Gasteiger partial charge in [-0.2, -0.15) is 10.1 Å². The van der Waals surface area contributed by atoms with Crippen molar-refractivity contribution in [1.82, 2.24) is 30.2 Å². The van der Waals surface area contributed by atoms with Gasteiger partial charge in [-0.1, -0.05) is 5.16 Å². The third-order valence-corrected chi connectivity index (χ3v) is 3.56. The van der Waals surface area contributed by atoms with Crippen LogP contribution in [0.1, 0.15) is 22.2 Å². The number of carbonyl (C=O) groups excluding carboxylic acids is 1. The van der Waals surface area contributed by atoms with Crippen LogP contribution in [0.15, 0.2) is 22.2 Å². The van der Waals surface area contributed by atoms with Gasteiger partial charge in [-0.15, -0.1) is 11.3 Å². The molecule has 3 aromatic rings. The van der Waals surface area contributed by atoms with Crippen LogP contribution in [0.2, 0.25) is 0 Å². The quantitative estimate of drug-likeness (QED) is 0.776. The van der Waals surface area contributed by atoms with Gasteiger partial charge < -0.3 is 9.84 Å². The zero-order chi connectivity index (χ0) is 14.8. The molecule has 0 radical (unpaired) electrons. The van der Waals surface area contributed by atoms with Crippen molar-refractivity contribution in [2.24, 2.45) is 7.05 Å². The zero-order valence-corrected chi connectivity index (χ0v) is 12.2. The number of hydrogen-bond acceptors (Lipinski definition) is 7. The first kappa shape index (κ1) is 13.4. The second-order valence-corrected chi connectivity index (χ2v) is 5.20. The zero-order valence-electron chi connectivity index (χ0n) is 11.4. The van der Waals surface area contributed by atoms with E-state index in [1.165, 1.54) is 11.3 Å². The van der Waals surface area contributed by atoms with Crippen LogP contribution in [-0.4, -0.2) is 30.8 Å². The highest BCUT2D eigenvalue weighted by Crippen LogP contribution is 2.21. The van der Waals surface area contributed by atoms with E-state index in [-0.39, 0.29) is 11.7 Å². The lowest BCUT2D eigenvalue weighted by Crippen LogP contribution is -2.24. The topological polar surface area (TPSA) is 98.7 Å². The van der Waals surface area contributed by atoms with Gasteiger partial charge in [0.1, 0.15) is 10.7 Å². The Morgan fingerprint density at radius 3 is 3.00 bits per heavy atom. The maximum Gasteiger partial charge on any atom is 0.293 e. The summed E-state index contributed by atoms with van der Waals surface area (Å²) in [5.74, 6) is -0.0156. The first-order valence-corrected chi connectivity index (χ1v) is 7.03. The molecule has 0 aliphatic rings. The predicted molar refractivity (Wildman–Crippen MR) is 74.5 cm³/mol. The third kappa shape index (κ3) is 2.97. The molecular weight excluding hydrogens is 292 g/mol. The van der Waals surface area contributed by atoms with Gasteiger partial charge in [0.2, 0.25) is 5.89 Å². The van der Waals surface area contributed by atoms with Crippen molar-refractivity contribution in [1.29, 1.82) is 0 Å². The number of amides is 1. The van der Waals surface area contributed by atoms with E-state index in [1.807, 2.05) is 24.7 Å². The van der Waals surface area contributed by atoms with Gasteiger partial charge in [-0.3, -0.25) is 9.48 Å². The molecule has 3 heterocycles. The summed E-state index contributed by atoms with van der Waals surface area (Å²) in [6.45, 7) is 1.93. The molecule has 1 N–H and O–H groups in total. The SMILES string of the molecule is Cc1nc(C(=O)NCc2csc(-c3ccn(C)n3)n2)no1. The van der Waals surface area contributed by atoms with Crippen LogP contribution in [0.3, 0.4) is 0 Å². The van der Waals surface area contributed by atoms with Crippen molar-refractivity contribution >= 4 is 17.2 Å². The van der Waals surface area contributed by atoms with Crippen LogP contribution >= 0.6 is 11.3 Å². The molecule has 0 fully saturated rings. The highest BCUT2D eigenvalue weighted by molar-refractivity contribution is 7.13. The van der Waals surface area contributed by atoms with Crippen LogP contribution in [0.5, 0.6) is 0 Å². The standard InChI is InChI=1S/C12H12N6O2S/c1-7-14-10(17-20-7)11(19)13-5-8-6-21-12(15-8)9-3-4-18(2)16-9/h3-4,6H,5H2,1-2H3,(H,13,19). The molecular formula is C12H12N6O2S. The van der Waals surface area contributed by atoms with Crippen molar-refractivity contribution in [2.45, 2.75) is 13.5 Å². The van der Waals surface area contributed by atoms with E-state index in [0.717, 1.165) is 16.4 Å². The lowest BCUT2D eigenvalue weighted by atomic mass is 10.4. The summed E-state index contributed by atoms with van der Waals surface area (Å²) in [6, 6.07) is 1.89. The fourth-order valence-electron chi connectivity index (χ4n) is 1.68. The molecule has 8 nitrogen and oxygen atoms in total. The van der Waals surface area contributed by atoms with Gasteiger partial charge >= 0.3 is 0 Å². The normalized spacial score (nSPS) is 10.8. The molecule has 21 heavy (non-hydrogen) atoms. The molecule has 0 saturated heterocycles. The van der Waals surface area contributed by atoms with E-state index in [4.69, 9.17) is 4.52 Å². The second-order valence-electron chi connectivity index (χ2n) is 4.34. The number of thiazole rings is 1. The smallest absolute Gasteiger partial charge is 0.293 e. The average molecular weight is 304 g/mol. The molecule has 0 aromatic carbocycles. The minimum Gasteiger partial charge on any atom is -0.344 e. The van der Waals surface area contributed by atoms with E-state index < -0.39 is 0 Å². The van der Waals surface area contributed by atoms with E-state index in [1.54, 1.807) is 11.6 Å². The molecule has 3 aromatic heterocycles. The van der Waals surface area contributed by atoms with Crippen LogP contribution in [0, 0.1) is 6.92 Å². The summed E-state index contributed by atoms with van der Waals surface area (Å²) in [7, 11) is 1.85. The Hall–Kier alpha value is -2.55. The summed E-state index contributed by atoms with van der Waals surface area (Å²) in [5, 5.41) is 13.2. The van der Waals surface area contributed by atoms with Gasteiger partial charge in [-0.05, 0) is 6.07 Å². The van der Waals surface area contributed by atoms with Crippen molar-refractivity contribution in [3.63, 3.8) is 0 Å². The fraction of sp³-hybridized carbons (Fsp3) is 0.250. The number of hydrogen-bond donors (Lipinski definition) is 1. The maximum atomic E-state index is 11.8. The van der Waals surface area contributed by atoms with Crippen molar-refractivity contribution in [3.05, 3.63) is 35.1 Å². The summed E-state index contributed by atoms with van der Waals surface area (Å²) >= 11 is 1.48. The first-order valence-electron chi connectivity index (χ1n) is 6.15. The molecule has 0 bridgehead atoms. The van der Waals surface area contributed by atoms with E-state index in [0.29, 0.717) is 12.4 Å². The molecule has 0 saturated carbocycles. The molecule has 9 heteroatoms. The highest BCUT2D eigenvalue weighted by atomic mass is 32.1.